The molecule has 226 valence electrons. The molecule has 8 N–H and O–H groups in total. The molecule has 3 aliphatic rings. The molecule has 3 aliphatic carbocycles. The van der Waals surface area contributed by atoms with Crippen LogP contribution < -0.4 is 16.4 Å². The molecule has 1 aromatic carbocycles. The van der Waals surface area contributed by atoms with Crippen molar-refractivity contribution in [2.45, 2.75) is 79.1 Å². The van der Waals surface area contributed by atoms with Gasteiger partial charge in [0.25, 0.3) is 0 Å². The first-order valence-electron chi connectivity index (χ1n) is 14.1. The molecule has 0 spiro atoms. The van der Waals surface area contributed by atoms with Crippen molar-refractivity contribution in [1.82, 2.24) is 5.32 Å². The third-order valence-electron chi connectivity index (χ3n) is 9.68. The van der Waals surface area contributed by atoms with Gasteiger partial charge in [0, 0.05) is 12.0 Å². The summed E-state index contributed by atoms with van der Waals surface area (Å²) < 4.78 is 0. The van der Waals surface area contributed by atoms with Crippen LogP contribution in [0.5, 0.6) is 5.75 Å². The number of aromatic hydroxyl groups is 1. The van der Waals surface area contributed by atoms with Crippen molar-refractivity contribution in [1.29, 1.82) is 0 Å². The number of amides is 3. The lowest BCUT2D eigenvalue weighted by molar-refractivity contribution is -0.265. The number of benzene rings is 1. The summed E-state index contributed by atoms with van der Waals surface area (Å²) in [6, 6.07) is 2.56. The molecule has 0 saturated heterocycles. The average molecular weight is 574 g/mol. The number of carbonyl (C=O) groups is 4. The van der Waals surface area contributed by atoms with E-state index in [4.69, 9.17) is 5.73 Å². The van der Waals surface area contributed by atoms with E-state index in [9.17, 15) is 39.6 Å². The summed E-state index contributed by atoms with van der Waals surface area (Å²) in [5.74, 6) is -7.62. The Morgan fingerprint density at radius 3 is 2.29 bits per heavy atom. The van der Waals surface area contributed by atoms with E-state index in [-0.39, 0.29) is 35.4 Å². The van der Waals surface area contributed by atoms with E-state index >= 15 is 0 Å². The first kappa shape index (κ1) is 30.9. The highest BCUT2D eigenvalue weighted by molar-refractivity contribution is 6.10. The second-order valence-corrected chi connectivity index (χ2v) is 14.3. The fraction of sp³-hybridized carbons (Fsp3) is 0.667. The van der Waals surface area contributed by atoms with E-state index in [0.29, 0.717) is 12.1 Å². The lowest BCUT2D eigenvalue weighted by Crippen LogP contribution is -2.79. The minimum absolute atomic E-state index is 0.00788. The van der Waals surface area contributed by atoms with Gasteiger partial charge < -0.3 is 36.8 Å². The quantitative estimate of drug-likeness (QED) is 0.209. The standard InChI is InChI=1S/C30H43N3O8/c1-13(2)18-22(36)17(25(31)39)23(37)30(41)24(38)19-21(35)16-14(10-28(19,6)11-29(18,30)7)8-9-15(20(16)34)33-26(40)32-12-27(3,4)5/h8-9,13,17-19,22,24,34,36,38,41H,10-12H2,1-7H3,(H2,31,39)(H2,32,33,40)/t17-,18+,19-,22?,24?,28-,29-,30+/m1/s1. The lowest BCUT2D eigenvalue weighted by Gasteiger charge is -2.66. The van der Waals surface area contributed by atoms with Gasteiger partial charge in [0.05, 0.1) is 23.3 Å². The zero-order valence-corrected chi connectivity index (χ0v) is 24.7. The van der Waals surface area contributed by atoms with Crippen molar-refractivity contribution in [3.63, 3.8) is 0 Å². The van der Waals surface area contributed by atoms with Crippen molar-refractivity contribution >= 4 is 29.2 Å². The summed E-state index contributed by atoms with van der Waals surface area (Å²) in [7, 11) is 0. The van der Waals surface area contributed by atoms with Crippen molar-refractivity contribution in [2.75, 3.05) is 11.9 Å². The molecule has 0 aliphatic heterocycles. The van der Waals surface area contributed by atoms with Crippen LogP contribution in [0.3, 0.4) is 0 Å². The highest BCUT2D eigenvalue weighted by Gasteiger charge is 2.75. The van der Waals surface area contributed by atoms with Crippen LogP contribution in [0.15, 0.2) is 12.1 Å². The number of hydrogen-bond acceptors (Lipinski definition) is 8. The maximum absolute atomic E-state index is 14.1. The number of Topliss-reactive ketones (excluding diaryl/α,β-unsaturated/α-hetero) is 2. The molecular weight excluding hydrogens is 530 g/mol. The number of ketones is 2. The molecule has 0 heterocycles. The molecule has 2 unspecified atom stereocenters. The van der Waals surface area contributed by atoms with Crippen molar-refractivity contribution < 1.29 is 39.6 Å². The van der Waals surface area contributed by atoms with E-state index in [1.54, 1.807) is 33.8 Å². The number of phenols is 1. The summed E-state index contributed by atoms with van der Waals surface area (Å²) in [5, 5.41) is 51.5. The van der Waals surface area contributed by atoms with Crippen LogP contribution in [0.1, 0.15) is 70.8 Å². The number of rotatable bonds is 4. The minimum Gasteiger partial charge on any atom is -0.505 e. The molecule has 11 heteroatoms. The van der Waals surface area contributed by atoms with E-state index in [1.807, 2.05) is 20.8 Å². The van der Waals surface area contributed by atoms with Gasteiger partial charge in [-0.25, -0.2) is 4.79 Å². The Morgan fingerprint density at radius 1 is 1.15 bits per heavy atom. The van der Waals surface area contributed by atoms with Crippen LogP contribution >= 0.6 is 0 Å². The Labute approximate surface area is 239 Å². The van der Waals surface area contributed by atoms with Gasteiger partial charge in [0.1, 0.15) is 17.8 Å². The highest BCUT2D eigenvalue weighted by atomic mass is 16.4. The molecule has 4 rings (SSSR count). The van der Waals surface area contributed by atoms with Gasteiger partial charge >= 0.3 is 6.03 Å². The number of aliphatic hydroxyl groups is 3. The van der Waals surface area contributed by atoms with E-state index < -0.39 is 75.6 Å². The molecule has 0 radical (unpaired) electrons. The molecular formula is C30H43N3O8. The predicted molar refractivity (Wildman–Crippen MR) is 150 cm³/mol. The Morgan fingerprint density at radius 2 is 1.76 bits per heavy atom. The summed E-state index contributed by atoms with van der Waals surface area (Å²) >= 11 is 0. The number of fused-ring (bicyclic) bond motifs is 3. The Hall–Kier alpha value is -3.02. The fourth-order valence-electron chi connectivity index (χ4n) is 8.14. The number of nitrogens with one attached hydrogen (secondary N) is 2. The van der Waals surface area contributed by atoms with Crippen LogP contribution in [0.25, 0.3) is 0 Å². The molecule has 8 atom stereocenters. The highest BCUT2D eigenvalue weighted by Crippen LogP contribution is 2.65. The molecule has 3 amide bonds. The summed E-state index contributed by atoms with van der Waals surface area (Å²) in [4.78, 5) is 52.6. The Balaban J connectivity index is 1.79. The summed E-state index contributed by atoms with van der Waals surface area (Å²) in [6.07, 6.45) is -3.16. The molecule has 41 heavy (non-hydrogen) atoms. The summed E-state index contributed by atoms with van der Waals surface area (Å²) in [6.45, 7) is 13.2. The predicted octanol–water partition coefficient (Wildman–Crippen LogP) is 1.74. The third kappa shape index (κ3) is 4.53. The van der Waals surface area contributed by atoms with Crippen LogP contribution in [0, 0.1) is 39.9 Å². The van der Waals surface area contributed by atoms with E-state index in [2.05, 4.69) is 10.6 Å². The molecule has 0 bridgehead atoms. The average Bonchev–Trinajstić information content (AvgIpc) is 2.81. The number of primary amides is 1. The zero-order chi connectivity index (χ0) is 31.0. The van der Waals surface area contributed by atoms with Crippen LogP contribution in [0.4, 0.5) is 10.5 Å². The second kappa shape index (κ2) is 9.78. The first-order valence-corrected chi connectivity index (χ1v) is 14.1. The van der Waals surface area contributed by atoms with Crippen molar-refractivity contribution in [3.8, 4) is 5.75 Å². The number of urea groups is 1. The largest absolute Gasteiger partial charge is 0.505 e. The SMILES string of the molecule is CC(C)[C@H]1C(O)[C@@H](C(N)=O)C(=O)[C@]2(O)C(O)[C@H]3C(=O)c4c(ccc(NC(=O)NCC(C)(C)C)c4O)C[C@]3(C)C[C@]12C. The topological polar surface area (TPSA) is 199 Å². The Kier molecular flexibility index (Phi) is 7.37. The Bertz CT molecular complexity index is 1310. The molecule has 0 aromatic heterocycles. The fourth-order valence-corrected chi connectivity index (χ4v) is 8.14. The van der Waals surface area contributed by atoms with Gasteiger partial charge in [0.2, 0.25) is 5.91 Å². The van der Waals surface area contributed by atoms with E-state index in [0.717, 1.165) is 0 Å². The summed E-state index contributed by atoms with van der Waals surface area (Å²) in [5.41, 5.74) is 0.717. The number of aliphatic hydroxyl groups excluding tert-OH is 2. The first-order chi connectivity index (χ1) is 18.7. The van der Waals surface area contributed by atoms with Crippen LogP contribution in [-0.2, 0) is 16.0 Å². The third-order valence-corrected chi connectivity index (χ3v) is 9.68. The van der Waals surface area contributed by atoms with Gasteiger partial charge in [-0.15, -0.1) is 0 Å². The molecule has 1 aromatic rings. The van der Waals surface area contributed by atoms with Gasteiger partial charge in [-0.05, 0) is 47.1 Å². The lowest BCUT2D eigenvalue weighted by atomic mass is 9.39. The van der Waals surface area contributed by atoms with Gasteiger partial charge in [-0.2, -0.15) is 0 Å². The number of hydrogen-bond donors (Lipinski definition) is 7. The van der Waals surface area contributed by atoms with Crippen molar-refractivity contribution in [3.05, 3.63) is 23.3 Å². The number of anilines is 1. The van der Waals surface area contributed by atoms with Gasteiger partial charge in [-0.1, -0.05) is 54.5 Å². The van der Waals surface area contributed by atoms with Gasteiger partial charge in [-0.3, -0.25) is 14.4 Å². The smallest absolute Gasteiger partial charge is 0.319 e. The van der Waals surface area contributed by atoms with Crippen molar-refractivity contribution in [2.24, 2.45) is 45.7 Å². The van der Waals surface area contributed by atoms with Gasteiger partial charge in [0.15, 0.2) is 17.2 Å². The molecule has 2 saturated carbocycles. The van der Waals surface area contributed by atoms with E-state index in [1.165, 1.54) is 6.07 Å². The van der Waals surface area contributed by atoms with Crippen LogP contribution in [-0.4, -0.2) is 68.3 Å². The minimum atomic E-state index is -2.57. The number of carbonyl (C=O) groups excluding carboxylic acids is 4. The second-order valence-electron chi connectivity index (χ2n) is 14.3. The molecule has 2 fully saturated rings. The monoisotopic (exact) mass is 573 g/mol. The molecule has 11 nitrogen and oxygen atoms in total. The zero-order valence-electron chi connectivity index (χ0n) is 24.7. The number of nitrogens with two attached hydrogens (primary N) is 1. The number of phenolic OH excluding ortho intramolecular Hbond substituents is 1. The maximum atomic E-state index is 14.1. The maximum Gasteiger partial charge on any atom is 0.319 e. The van der Waals surface area contributed by atoms with Crippen LogP contribution in [0.2, 0.25) is 0 Å². The normalized spacial score (nSPS) is 36.7.